The van der Waals surface area contributed by atoms with E-state index in [1.54, 1.807) is 48.5 Å². The van der Waals surface area contributed by atoms with Gasteiger partial charge in [-0.3, -0.25) is 19.8 Å². The van der Waals surface area contributed by atoms with E-state index in [1.807, 2.05) is 12.1 Å². The number of rotatable bonds is 10. The predicted molar refractivity (Wildman–Crippen MR) is 156 cm³/mol. The van der Waals surface area contributed by atoms with Crippen LogP contribution in [-0.2, 0) is 0 Å². The van der Waals surface area contributed by atoms with Gasteiger partial charge in [0.1, 0.15) is 0 Å². The minimum atomic E-state index is -0.503. The van der Waals surface area contributed by atoms with E-state index in [-0.39, 0.29) is 10.9 Å². The highest BCUT2D eigenvalue weighted by atomic mass is 16.5. The topological polar surface area (TPSA) is 111 Å². The summed E-state index contributed by atoms with van der Waals surface area (Å²) in [5.41, 5.74) is 4.10. The summed E-state index contributed by atoms with van der Waals surface area (Å²) in [5.74, 6) is 0.129. The average molecular weight is 545 g/mol. The number of nitrogens with zero attached hydrogens (tertiary/aromatic N) is 2. The molecule has 4 rings (SSSR count). The van der Waals surface area contributed by atoms with Gasteiger partial charge in [-0.25, -0.2) is 4.68 Å². The standard InChI is InChI=1S/C30H32N4O6/c1-6-33(7-2)21-14-12-19(13-15-21)28(35)32-34-18-24(22-10-8-9-11-23(22)30(34)37)29(36)31-20-16-25(38-3)27(40-5)26(17-20)39-4/h8-18H,6-7H2,1-5H3,(H,31,36)(H,32,35). The molecule has 0 aliphatic heterocycles. The molecule has 0 saturated carbocycles. The molecule has 0 bridgehead atoms. The molecule has 0 unspecified atom stereocenters. The highest BCUT2D eigenvalue weighted by Gasteiger charge is 2.19. The Balaban J connectivity index is 1.68. The molecule has 208 valence electrons. The number of ether oxygens (including phenoxy) is 3. The summed E-state index contributed by atoms with van der Waals surface area (Å²) in [7, 11) is 4.44. The van der Waals surface area contributed by atoms with E-state index in [4.69, 9.17) is 14.2 Å². The third-order valence-electron chi connectivity index (χ3n) is 6.57. The third-order valence-corrected chi connectivity index (χ3v) is 6.57. The van der Waals surface area contributed by atoms with Crippen molar-refractivity contribution in [2.24, 2.45) is 0 Å². The Morgan fingerprint density at radius 3 is 1.98 bits per heavy atom. The Hall–Kier alpha value is -4.99. The van der Waals surface area contributed by atoms with Crippen molar-refractivity contribution in [1.82, 2.24) is 4.68 Å². The first-order valence-corrected chi connectivity index (χ1v) is 12.8. The van der Waals surface area contributed by atoms with Crippen LogP contribution in [0.3, 0.4) is 0 Å². The zero-order valence-corrected chi connectivity index (χ0v) is 23.1. The van der Waals surface area contributed by atoms with Crippen molar-refractivity contribution in [2.75, 3.05) is 50.1 Å². The van der Waals surface area contributed by atoms with E-state index in [1.165, 1.54) is 27.5 Å². The van der Waals surface area contributed by atoms with Crippen LogP contribution in [0.1, 0.15) is 34.6 Å². The van der Waals surface area contributed by atoms with Crippen LogP contribution in [0, 0.1) is 0 Å². The maximum Gasteiger partial charge on any atom is 0.277 e. The minimum absolute atomic E-state index is 0.182. The van der Waals surface area contributed by atoms with Gasteiger partial charge in [-0.05, 0) is 44.2 Å². The van der Waals surface area contributed by atoms with Gasteiger partial charge in [0.15, 0.2) is 11.5 Å². The second kappa shape index (κ2) is 12.2. The molecule has 4 aromatic rings. The average Bonchev–Trinajstić information content (AvgIpc) is 2.98. The summed E-state index contributed by atoms with van der Waals surface area (Å²) < 4.78 is 17.1. The van der Waals surface area contributed by atoms with Gasteiger partial charge in [-0.1, -0.05) is 18.2 Å². The predicted octanol–water partition coefficient (Wildman–Crippen LogP) is 4.51. The fourth-order valence-electron chi connectivity index (χ4n) is 4.49. The van der Waals surface area contributed by atoms with Crippen molar-refractivity contribution >= 4 is 34.0 Å². The van der Waals surface area contributed by atoms with Crippen LogP contribution in [0.15, 0.2) is 71.7 Å². The molecule has 2 N–H and O–H groups in total. The van der Waals surface area contributed by atoms with Gasteiger partial charge in [-0.2, -0.15) is 0 Å². The molecule has 0 fully saturated rings. The van der Waals surface area contributed by atoms with E-state index < -0.39 is 17.4 Å². The van der Waals surface area contributed by atoms with Crippen LogP contribution in [0.4, 0.5) is 11.4 Å². The molecule has 10 heteroatoms. The number of pyridine rings is 1. The quantitative estimate of drug-likeness (QED) is 0.302. The number of fused-ring (bicyclic) bond motifs is 1. The van der Waals surface area contributed by atoms with Gasteiger partial charge in [0, 0.05) is 59.1 Å². The van der Waals surface area contributed by atoms with Gasteiger partial charge < -0.3 is 24.4 Å². The first-order valence-electron chi connectivity index (χ1n) is 12.8. The summed E-state index contributed by atoms with van der Waals surface area (Å²) in [6.07, 6.45) is 1.32. The van der Waals surface area contributed by atoms with Crippen molar-refractivity contribution in [1.29, 1.82) is 0 Å². The lowest BCUT2D eigenvalue weighted by Crippen LogP contribution is -2.34. The van der Waals surface area contributed by atoms with Gasteiger partial charge in [-0.15, -0.1) is 0 Å². The number of carbonyl (C=O) groups excluding carboxylic acids is 2. The zero-order chi connectivity index (χ0) is 28.8. The molecule has 0 saturated heterocycles. The van der Waals surface area contributed by atoms with Crippen molar-refractivity contribution < 1.29 is 23.8 Å². The van der Waals surface area contributed by atoms with E-state index in [0.29, 0.717) is 33.9 Å². The largest absolute Gasteiger partial charge is 0.493 e. The molecule has 0 atom stereocenters. The molecule has 0 aliphatic rings. The Morgan fingerprint density at radius 2 is 1.43 bits per heavy atom. The lowest BCUT2D eigenvalue weighted by molar-refractivity contribution is 0.0999. The summed E-state index contributed by atoms with van der Waals surface area (Å²) in [5, 5.41) is 3.54. The van der Waals surface area contributed by atoms with Crippen LogP contribution in [0.5, 0.6) is 17.2 Å². The Bertz CT molecular complexity index is 1570. The van der Waals surface area contributed by atoms with E-state index >= 15 is 0 Å². The highest BCUT2D eigenvalue weighted by Crippen LogP contribution is 2.40. The van der Waals surface area contributed by atoms with E-state index in [2.05, 4.69) is 29.5 Å². The number of hydrogen-bond donors (Lipinski definition) is 2. The van der Waals surface area contributed by atoms with Crippen molar-refractivity contribution in [3.05, 3.63) is 88.3 Å². The zero-order valence-electron chi connectivity index (χ0n) is 23.1. The lowest BCUT2D eigenvalue weighted by atomic mass is 10.1. The molecule has 10 nitrogen and oxygen atoms in total. The molecule has 2 amide bonds. The van der Waals surface area contributed by atoms with Gasteiger partial charge >= 0.3 is 0 Å². The second-order valence-corrected chi connectivity index (χ2v) is 8.79. The SMILES string of the molecule is CCN(CC)c1ccc(C(=O)Nn2cc(C(=O)Nc3cc(OC)c(OC)c(OC)c3)c3ccccc3c2=O)cc1. The van der Waals surface area contributed by atoms with E-state index in [0.717, 1.165) is 23.5 Å². The molecule has 0 aliphatic carbocycles. The number of aromatic nitrogens is 1. The molecule has 1 heterocycles. The number of anilines is 2. The number of amides is 2. The van der Waals surface area contributed by atoms with Crippen molar-refractivity contribution in [3.8, 4) is 17.2 Å². The van der Waals surface area contributed by atoms with Crippen LogP contribution in [0.2, 0.25) is 0 Å². The minimum Gasteiger partial charge on any atom is -0.493 e. The van der Waals surface area contributed by atoms with Gasteiger partial charge in [0.05, 0.1) is 26.9 Å². The van der Waals surface area contributed by atoms with Crippen LogP contribution >= 0.6 is 0 Å². The summed E-state index contributed by atoms with van der Waals surface area (Å²) >= 11 is 0. The monoisotopic (exact) mass is 544 g/mol. The number of nitrogens with one attached hydrogen (secondary N) is 2. The fourth-order valence-corrected chi connectivity index (χ4v) is 4.49. The first-order chi connectivity index (χ1) is 19.3. The molecule has 3 aromatic carbocycles. The van der Waals surface area contributed by atoms with Crippen LogP contribution < -0.4 is 35.4 Å². The Labute approximate surface area is 232 Å². The van der Waals surface area contributed by atoms with E-state index in [9.17, 15) is 14.4 Å². The molecule has 40 heavy (non-hydrogen) atoms. The van der Waals surface area contributed by atoms with Gasteiger partial charge in [0.2, 0.25) is 5.75 Å². The summed E-state index contributed by atoms with van der Waals surface area (Å²) in [6.45, 7) is 5.81. The fraction of sp³-hybridized carbons (Fsp3) is 0.233. The summed E-state index contributed by atoms with van der Waals surface area (Å²) in [4.78, 5) is 42.0. The number of methoxy groups -OCH3 is 3. The lowest BCUT2D eigenvalue weighted by Gasteiger charge is -2.21. The number of hydrogen-bond acceptors (Lipinski definition) is 7. The maximum absolute atomic E-state index is 13.5. The highest BCUT2D eigenvalue weighted by molar-refractivity contribution is 6.13. The third kappa shape index (κ3) is 5.56. The van der Waals surface area contributed by atoms with Crippen LogP contribution in [0.25, 0.3) is 10.8 Å². The molecular formula is C30H32N4O6. The Morgan fingerprint density at radius 1 is 0.825 bits per heavy atom. The first kappa shape index (κ1) is 28.0. The van der Waals surface area contributed by atoms with Crippen LogP contribution in [-0.4, -0.2) is 50.9 Å². The molecule has 1 aromatic heterocycles. The van der Waals surface area contributed by atoms with Gasteiger partial charge in [0.25, 0.3) is 17.4 Å². The second-order valence-electron chi connectivity index (χ2n) is 8.79. The maximum atomic E-state index is 13.5. The number of benzene rings is 3. The van der Waals surface area contributed by atoms with Crippen molar-refractivity contribution in [2.45, 2.75) is 13.8 Å². The Kier molecular flexibility index (Phi) is 8.58. The number of carbonyl (C=O) groups is 2. The smallest absolute Gasteiger partial charge is 0.277 e. The molecular weight excluding hydrogens is 512 g/mol. The summed E-state index contributed by atoms with van der Waals surface area (Å²) in [6, 6.07) is 17.0. The molecule has 0 radical (unpaired) electrons. The molecule has 0 spiro atoms. The normalized spacial score (nSPS) is 10.6. The van der Waals surface area contributed by atoms with Crippen molar-refractivity contribution in [3.63, 3.8) is 0 Å².